The lowest BCUT2D eigenvalue weighted by atomic mass is 9.79. The van der Waals surface area contributed by atoms with E-state index in [4.69, 9.17) is 0 Å². The molecule has 0 aromatic carbocycles. The van der Waals surface area contributed by atoms with Crippen LogP contribution in [0.4, 0.5) is 0 Å². The van der Waals surface area contributed by atoms with Gasteiger partial charge in [-0.2, -0.15) is 0 Å². The summed E-state index contributed by atoms with van der Waals surface area (Å²) in [5.41, 5.74) is 16.9. The fourth-order valence-corrected chi connectivity index (χ4v) is 4.45. The van der Waals surface area contributed by atoms with Gasteiger partial charge in [0, 0.05) is 0 Å². The molecule has 0 heteroatoms. The molecule has 0 spiro atoms. The van der Waals surface area contributed by atoms with Crippen LogP contribution < -0.4 is 0 Å². The second-order valence-corrected chi connectivity index (χ2v) is 9.79. The van der Waals surface area contributed by atoms with Gasteiger partial charge in [-0.15, -0.1) is 0 Å². The van der Waals surface area contributed by atoms with Crippen molar-refractivity contribution in [1.29, 1.82) is 0 Å². The summed E-state index contributed by atoms with van der Waals surface area (Å²) in [5.74, 6) is 0. The van der Waals surface area contributed by atoms with E-state index in [0.29, 0.717) is 0 Å². The molecule has 0 aromatic heterocycles. The first-order chi connectivity index (χ1) is 9.89. The van der Waals surface area contributed by atoms with Crippen molar-refractivity contribution >= 4 is 0 Å². The summed E-state index contributed by atoms with van der Waals surface area (Å²) in [6.07, 6.45) is 4.92. The summed E-state index contributed by atoms with van der Waals surface area (Å²) in [7, 11) is 0. The lowest BCUT2D eigenvalue weighted by molar-refractivity contribution is 0.445. The molecule has 0 aromatic rings. The van der Waals surface area contributed by atoms with Crippen molar-refractivity contribution in [1.82, 2.24) is 0 Å². The molecule has 2 aliphatic carbocycles. The van der Waals surface area contributed by atoms with Crippen molar-refractivity contribution in [2.75, 3.05) is 0 Å². The van der Waals surface area contributed by atoms with E-state index in [1.807, 2.05) is 0 Å². The first-order valence-electron chi connectivity index (χ1n) is 8.66. The van der Waals surface area contributed by atoms with Crippen molar-refractivity contribution in [3.05, 3.63) is 34.1 Å². The average molecular weight is 296 g/mol. The third-order valence-electron chi connectivity index (χ3n) is 5.89. The van der Waals surface area contributed by atoms with Crippen molar-refractivity contribution in [3.8, 4) is 0 Å². The Morgan fingerprint density at radius 2 is 0.727 bits per heavy atom. The summed E-state index contributed by atoms with van der Waals surface area (Å²) in [5, 5.41) is 0. The average Bonchev–Trinajstić information content (AvgIpc) is 2.69. The molecular formula is C22H32. The van der Waals surface area contributed by atoms with Gasteiger partial charge in [-0.25, -0.2) is 0 Å². The van der Waals surface area contributed by atoms with Gasteiger partial charge in [0.1, 0.15) is 0 Å². The molecule has 2 aliphatic rings. The minimum Gasteiger partial charge on any atom is -0.0606 e. The molecule has 0 atom stereocenters. The molecule has 0 unspecified atom stereocenters. The maximum Gasteiger partial charge on any atom is -0.00564 e. The van der Waals surface area contributed by atoms with Crippen LogP contribution in [0.1, 0.15) is 81.1 Å². The Kier molecular flexibility index (Phi) is 4.07. The maximum absolute atomic E-state index is 3.42. The van der Waals surface area contributed by atoms with Gasteiger partial charge in [0.15, 0.2) is 0 Å². The Morgan fingerprint density at radius 3 is 0.955 bits per heavy atom. The lowest BCUT2D eigenvalue weighted by Crippen LogP contribution is -2.15. The van der Waals surface area contributed by atoms with E-state index in [2.05, 4.69) is 78.3 Å². The Hall–Kier alpha value is -1.14. The first-order valence-corrected chi connectivity index (χ1v) is 8.66. The van der Waals surface area contributed by atoms with Crippen LogP contribution in [0.25, 0.3) is 0 Å². The van der Waals surface area contributed by atoms with E-state index in [1.165, 1.54) is 36.8 Å². The highest BCUT2D eigenvalue weighted by molar-refractivity contribution is 5.26. The van der Waals surface area contributed by atoms with Crippen LogP contribution in [0.15, 0.2) is 34.1 Å². The van der Waals surface area contributed by atoms with Gasteiger partial charge in [-0.3, -0.25) is 0 Å². The number of allylic oxidation sites excluding steroid dienone is 2. The number of hydrogen-bond acceptors (Lipinski definition) is 0. The molecule has 0 aliphatic heterocycles. The molecule has 2 fully saturated rings. The van der Waals surface area contributed by atoms with E-state index in [9.17, 15) is 0 Å². The van der Waals surface area contributed by atoms with Crippen LogP contribution in [0.3, 0.4) is 0 Å². The molecule has 0 amide bonds. The van der Waals surface area contributed by atoms with Crippen LogP contribution in [0, 0.1) is 21.7 Å². The minimum absolute atomic E-state index is 0.233. The zero-order valence-corrected chi connectivity index (χ0v) is 15.8. The van der Waals surface area contributed by atoms with Gasteiger partial charge < -0.3 is 0 Å². The molecule has 0 heterocycles. The van der Waals surface area contributed by atoms with Crippen LogP contribution in [0.2, 0.25) is 0 Å². The quantitative estimate of drug-likeness (QED) is 0.442. The summed E-state index contributed by atoms with van der Waals surface area (Å²) in [6, 6.07) is 0. The van der Waals surface area contributed by atoms with Crippen molar-refractivity contribution < 1.29 is 0 Å². The minimum atomic E-state index is 0.233. The zero-order valence-electron chi connectivity index (χ0n) is 15.8. The highest BCUT2D eigenvalue weighted by Crippen LogP contribution is 2.53. The summed E-state index contributed by atoms with van der Waals surface area (Å²) in [4.78, 5) is 0. The Balaban J connectivity index is 2.59. The second-order valence-electron chi connectivity index (χ2n) is 9.79. The smallest absolute Gasteiger partial charge is 0.00564 e. The van der Waals surface area contributed by atoms with Crippen molar-refractivity contribution in [3.63, 3.8) is 0 Å². The molecule has 0 radical (unpaired) electrons. The molecular weight excluding hydrogens is 264 g/mol. The molecule has 0 nitrogen and oxygen atoms in total. The number of hydrogen-bond donors (Lipinski definition) is 0. The van der Waals surface area contributed by atoms with Crippen LogP contribution in [-0.4, -0.2) is 0 Å². The van der Waals surface area contributed by atoms with Gasteiger partial charge in [-0.05, 0) is 70.0 Å². The van der Waals surface area contributed by atoms with Crippen LogP contribution in [0.5, 0.6) is 0 Å². The Bertz CT molecular complexity index is 544. The largest absolute Gasteiger partial charge is 0.0606 e. The van der Waals surface area contributed by atoms with Gasteiger partial charge in [0.25, 0.3) is 0 Å². The fourth-order valence-electron chi connectivity index (χ4n) is 4.45. The highest BCUT2D eigenvalue weighted by atomic mass is 14.5. The third kappa shape index (κ3) is 3.13. The van der Waals surface area contributed by atoms with E-state index < -0.39 is 0 Å². The lowest BCUT2D eigenvalue weighted by Gasteiger charge is -2.25. The molecule has 22 heavy (non-hydrogen) atoms. The Morgan fingerprint density at radius 1 is 0.500 bits per heavy atom. The number of rotatable bonds is 0. The van der Waals surface area contributed by atoms with Gasteiger partial charge in [-0.1, -0.05) is 66.9 Å². The van der Waals surface area contributed by atoms with Gasteiger partial charge in [0.05, 0.1) is 0 Å². The van der Waals surface area contributed by atoms with Crippen LogP contribution >= 0.6 is 0 Å². The molecule has 120 valence electrons. The molecule has 0 N–H and O–H groups in total. The van der Waals surface area contributed by atoms with E-state index >= 15 is 0 Å². The molecule has 0 bridgehead atoms. The van der Waals surface area contributed by atoms with E-state index in [0.717, 1.165) is 0 Å². The van der Waals surface area contributed by atoms with Crippen molar-refractivity contribution in [2.45, 2.75) is 81.1 Å². The second kappa shape index (κ2) is 5.20. The fraction of sp³-hybridized carbons (Fsp3) is 0.727. The highest BCUT2D eigenvalue weighted by Gasteiger charge is 2.42. The summed E-state index contributed by atoms with van der Waals surface area (Å²) in [6.45, 7) is 18.5. The maximum atomic E-state index is 3.42. The third-order valence-corrected chi connectivity index (χ3v) is 5.89. The van der Waals surface area contributed by atoms with Gasteiger partial charge >= 0.3 is 0 Å². The van der Waals surface area contributed by atoms with E-state index in [-0.39, 0.29) is 21.7 Å². The molecule has 2 saturated carbocycles. The predicted octanol–water partition coefficient (Wildman–Crippen LogP) is 6.60. The van der Waals surface area contributed by atoms with E-state index in [1.54, 1.807) is 0 Å². The topological polar surface area (TPSA) is 0 Å². The monoisotopic (exact) mass is 296 g/mol. The first kappa shape index (κ1) is 17.2. The molecule has 2 rings (SSSR count). The molecule has 0 saturated heterocycles. The van der Waals surface area contributed by atoms with Gasteiger partial charge in [0.2, 0.25) is 0 Å². The summed E-state index contributed by atoms with van der Waals surface area (Å²) < 4.78 is 0. The summed E-state index contributed by atoms with van der Waals surface area (Å²) >= 11 is 0. The van der Waals surface area contributed by atoms with Crippen LogP contribution in [-0.2, 0) is 0 Å². The Labute approximate surface area is 137 Å². The SMILES string of the molecule is CC1(C)CCC(C)(C)C1=C=C=C=C=C1C(C)(C)CCC1(C)C. The van der Waals surface area contributed by atoms with Crippen molar-refractivity contribution in [2.24, 2.45) is 21.7 Å². The normalized spacial score (nSPS) is 26.9. The standard InChI is InChI=1S/C22H32/c1-19(2)13-14-20(3,4)17(19)11-9-10-12-18-21(5,6)15-16-22(18,7)8/h13-16H2,1-8H3. The predicted molar refractivity (Wildman–Crippen MR) is 94.7 cm³/mol. The zero-order chi connectivity index (χ0) is 16.8.